The minimum absolute atomic E-state index is 0.0957. The largest absolute Gasteiger partial charge is 0.380 e. The number of nitrogens with zero attached hydrogens (tertiary/aromatic N) is 3. The van der Waals surface area contributed by atoms with E-state index in [2.05, 4.69) is 0 Å². The number of thioether (sulfide) groups is 1. The van der Waals surface area contributed by atoms with Gasteiger partial charge in [-0.3, -0.25) is 0 Å². The molecule has 2 heterocycles. The van der Waals surface area contributed by atoms with Crippen LogP contribution in [0.1, 0.15) is 25.0 Å². The molecule has 2 unspecified atom stereocenters. The number of fused-ring (bicyclic) bond motifs is 4. The molecule has 0 N–H and O–H groups in total. The number of alkyl halides is 6. The number of allylic oxidation sites excluding steroid dienone is 4. The Morgan fingerprint density at radius 2 is 1.50 bits per heavy atom. The second-order valence-electron chi connectivity index (χ2n) is 8.91. The van der Waals surface area contributed by atoms with Crippen molar-refractivity contribution >= 4 is 16.7 Å². The summed E-state index contributed by atoms with van der Waals surface area (Å²) in [5, 5.41) is 18.8. The van der Waals surface area contributed by atoms with E-state index in [9.17, 15) is 19.3 Å². The predicted molar refractivity (Wildman–Crippen MR) is 114 cm³/mol. The van der Waals surface area contributed by atoms with Crippen molar-refractivity contribution in [1.29, 1.82) is 10.5 Å². The van der Waals surface area contributed by atoms with Crippen LogP contribution in [0.3, 0.4) is 0 Å². The lowest BCUT2D eigenvalue weighted by atomic mass is 9.67. The van der Waals surface area contributed by atoms with Crippen molar-refractivity contribution in [2.75, 3.05) is 7.05 Å². The molecule has 0 aromatic heterocycles. The first-order valence-corrected chi connectivity index (χ1v) is 10.9. The van der Waals surface area contributed by atoms with Crippen LogP contribution in [0.4, 0.5) is 26.3 Å². The fourth-order valence-corrected chi connectivity index (χ4v) is 6.94. The molecule has 1 aromatic carbocycles. The van der Waals surface area contributed by atoms with Gasteiger partial charge in [-0.15, -0.1) is 11.8 Å². The first-order valence-electron chi connectivity index (χ1n) is 10.1. The molecule has 0 radical (unpaired) electrons. The molecule has 0 bridgehead atoms. The molecule has 1 saturated carbocycles. The quantitative estimate of drug-likeness (QED) is 0.450. The van der Waals surface area contributed by atoms with Gasteiger partial charge in [0.2, 0.25) is 0 Å². The van der Waals surface area contributed by atoms with Gasteiger partial charge in [-0.05, 0) is 54.8 Å². The molecule has 10 heteroatoms. The van der Waals surface area contributed by atoms with Crippen LogP contribution in [0.25, 0.3) is 4.91 Å². The molecule has 3 nitrogen and oxygen atoms in total. The van der Waals surface area contributed by atoms with Crippen molar-refractivity contribution in [2.45, 2.75) is 41.9 Å². The Morgan fingerprint density at radius 3 is 2.09 bits per heavy atom. The van der Waals surface area contributed by atoms with Crippen LogP contribution in [0.15, 0.2) is 64.4 Å². The first kappa shape index (κ1) is 22.7. The van der Waals surface area contributed by atoms with E-state index in [1.165, 1.54) is 37.9 Å². The maximum Gasteiger partial charge on any atom is 0.380 e. The number of hydrogen-bond acceptors (Lipinski definition) is 4. The van der Waals surface area contributed by atoms with Crippen molar-refractivity contribution < 1.29 is 26.3 Å². The highest BCUT2D eigenvalue weighted by atomic mass is 32.2. The van der Waals surface area contributed by atoms with Gasteiger partial charge in [0.15, 0.2) is 0 Å². The summed E-state index contributed by atoms with van der Waals surface area (Å²) in [6.45, 7) is 3.02. The molecule has 2 aliphatic carbocycles. The molecule has 34 heavy (non-hydrogen) atoms. The lowest BCUT2D eigenvalue weighted by molar-refractivity contribution is -0.258. The average molecular weight is 491 g/mol. The predicted octanol–water partition coefficient (Wildman–Crippen LogP) is 6.04. The van der Waals surface area contributed by atoms with Gasteiger partial charge in [0.05, 0.1) is 21.9 Å². The monoisotopic (exact) mass is 491 g/mol. The smallest absolute Gasteiger partial charge is 0.355 e. The minimum atomic E-state index is -5.65. The molecule has 0 amide bonds. The summed E-state index contributed by atoms with van der Waals surface area (Å²) < 4.78 is 88.4. The van der Waals surface area contributed by atoms with Crippen LogP contribution < -0.4 is 0 Å². The summed E-state index contributed by atoms with van der Waals surface area (Å²) >= 11 is 1.06. The van der Waals surface area contributed by atoms with Crippen molar-refractivity contribution in [3.63, 3.8) is 0 Å². The fraction of sp³-hybridized carbons (Fsp3) is 0.333. The molecule has 5 rings (SSSR count). The fourth-order valence-electron chi connectivity index (χ4n) is 5.36. The van der Waals surface area contributed by atoms with Crippen molar-refractivity contribution in [3.05, 3.63) is 75.5 Å². The van der Waals surface area contributed by atoms with Gasteiger partial charge >= 0.3 is 17.8 Å². The third kappa shape index (κ3) is 2.21. The Labute approximate surface area is 195 Å². The Hall–Kier alpha value is -3.11. The zero-order chi connectivity index (χ0) is 25.1. The van der Waals surface area contributed by atoms with Crippen LogP contribution >= 0.6 is 11.8 Å². The summed E-state index contributed by atoms with van der Waals surface area (Å²) in [4.78, 5) is 1.75. The van der Waals surface area contributed by atoms with Crippen molar-refractivity contribution in [2.24, 2.45) is 0 Å². The SMILES string of the molecule is CN1C(C#N)=CC2=C3C(=C4C=C(c5cccc(C#N)c5)SC4(C)C21C)C(F)(F)C(F)(F)C3(F)F. The van der Waals surface area contributed by atoms with E-state index in [0.29, 0.717) is 10.5 Å². The molecule has 4 aliphatic rings. The van der Waals surface area contributed by atoms with E-state index in [1.54, 1.807) is 18.2 Å². The summed E-state index contributed by atoms with van der Waals surface area (Å²) in [5.74, 6) is -15.9. The number of halogens is 6. The summed E-state index contributed by atoms with van der Waals surface area (Å²) in [7, 11) is 1.45. The maximum absolute atomic E-state index is 15.2. The molecule has 0 saturated heterocycles. The molecular formula is C24H15F6N3S. The number of nitriles is 2. The second kappa shape index (κ2) is 6.31. The van der Waals surface area contributed by atoms with E-state index in [1.807, 2.05) is 12.1 Å². The standard InChI is InChI=1S/C24H15F6N3S/c1-20-15(8-14(11-32)33(20)3)18-19(23(27,28)24(29,30)22(18,25)26)16-9-17(34-21(16,20)2)13-6-4-5-12(7-13)10-31/h4-9H,1-3H3. The van der Waals surface area contributed by atoms with Gasteiger partial charge in [-0.1, -0.05) is 12.1 Å². The number of benzene rings is 1. The Balaban J connectivity index is 1.89. The topological polar surface area (TPSA) is 50.8 Å². The van der Waals surface area contributed by atoms with Gasteiger partial charge in [0, 0.05) is 23.1 Å². The van der Waals surface area contributed by atoms with E-state index in [4.69, 9.17) is 0 Å². The van der Waals surface area contributed by atoms with Crippen LogP contribution in [0.5, 0.6) is 0 Å². The zero-order valence-electron chi connectivity index (χ0n) is 18.0. The van der Waals surface area contributed by atoms with Gasteiger partial charge in [0.25, 0.3) is 0 Å². The first-order chi connectivity index (χ1) is 15.7. The highest BCUT2D eigenvalue weighted by molar-refractivity contribution is 8.10. The lowest BCUT2D eigenvalue weighted by Crippen LogP contribution is -2.58. The van der Waals surface area contributed by atoms with E-state index in [0.717, 1.165) is 17.8 Å². The molecular weight excluding hydrogens is 476 g/mol. The van der Waals surface area contributed by atoms with E-state index >= 15 is 17.6 Å². The maximum atomic E-state index is 15.2. The van der Waals surface area contributed by atoms with Crippen LogP contribution in [0.2, 0.25) is 0 Å². The van der Waals surface area contributed by atoms with Gasteiger partial charge in [-0.25, -0.2) is 0 Å². The average Bonchev–Trinajstić information content (AvgIpc) is 3.31. The number of likely N-dealkylation sites (N-methyl/N-ethyl adjacent to an activating group) is 1. The van der Waals surface area contributed by atoms with Crippen molar-refractivity contribution in [1.82, 2.24) is 4.90 Å². The normalized spacial score (nSPS) is 31.9. The van der Waals surface area contributed by atoms with Crippen LogP contribution in [-0.2, 0) is 0 Å². The molecule has 2 aliphatic heterocycles. The Kier molecular flexibility index (Phi) is 4.21. The molecule has 0 spiro atoms. The van der Waals surface area contributed by atoms with Crippen LogP contribution in [-0.4, -0.2) is 40.0 Å². The molecule has 2 atom stereocenters. The highest BCUT2D eigenvalue weighted by Gasteiger charge is 2.84. The zero-order valence-corrected chi connectivity index (χ0v) is 18.8. The van der Waals surface area contributed by atoms with Gasteiger partial charge < -0.3 is 4.90 Å². The van der Waals surface area contributed by atoms with Crippen LogP contribution in [0, 0.1) is 22.7 Å². The van der Waals surface area contributed by atoms with Crippen molar-refractivity contribution in [3.8, 4) is 12.1 Å². The number of rotatable bonds is 1. The third-order valence-corrected chi connectivity index (χ3v) is 9.07. The third-order valence-electron chi connectivity index (χ3n) is 7.47. The number of hydrogen-bond donors (Lipinski definition) is 0. The summed E-state index contributed by atoms with van der Waals surface area (Å²) in [6.07, 6.45) is 2.25. The van der Waals surface area contributed by atoms with Gasteiger partial charge in [-0.2, -0.15) is 36.9 Å². The molecule has 1 aromatic rings. The Morgan fingerprint density at radius 1 is 0.882 bits per heavy atom. The van der Waals surface area contributed by atoms with E-state index in [-0.39, 0.29) is 16.8 Å². The Bertz CT molecular complexity index is 1390. The molecule has 1 fully saturated rings. The van der Waals surface area contributed by atoms with Gasteiger partial charge in [0.1, 0.15) is 11.8 Å². The second-order valence-corrected chi connectivity index (χ2v) is 10.4. The van der Waals surface area contributed by atoms with E-state index < -0.39 is 44.8 Å². The summed E-state index contributed by atoms with van der Waals surface area (Å²) in [5.41, 5.74) is -4.41. The summed E-state index contributed by atoms with van der Waals surface area (Å²) in [6, 6.07) is 10.1. The highest BCUT2D eigenvalue weighted by Crippen LogP contribution is 2.72. The minimum Gasteiger partial charge on any atom is -0.355 e. The molecule has 174 valence electrons. The lowest BCUT2D eigenvalue weighted by Gasteiger charge is -2.51.